The number of carbonyl (C=O) groups is 1. The Labute approximate surface area is 98.6 Å². The SMILES string of the molecule is CC(CN)C(=O)NCCC1CCCN(C)C1. The molecule has 0 bridgehead atoms. The van der Waals surface area contributed by atoms with Gasteiger partial charge in [-0.2, -0.15) is 0 Å². The lowest BCUT2D eigenvalue weighted by Crippen LogP contribution is -2.37. The molecule has 16 heavy (non-hydrogen) atoms. The van der Waals surface area contributed by atoms with E-state index in [0.29, 0.717) is 6.54 Å². The molecule has 4 heteroatoms. The third-order valence-corrected chi connectivity index (χ3v) is 3.38. The molecule has 0 aromatic rings. The fourth-order valence-corrected chi connectivity index (χ4v) is 2.19. The Morgan fingerprint density at radius 2 is 2.38 bits per heavy atom. The average Bonchev–Trinajstić information content (AvgIpc) is 2.28. The number of nitrogens with two attached hydrogens (primary N) is 1. The van der Waals surface area contributed by atoms with Crippen LogP contribution in [0.3, 0.4) is 0 Å². The number of hydrogen-bond donors (Lipinski definition) is 2. The smallest absolute Gasteiger partial charge is 0.224 e. The molecular weight excluding hydrogens is 202 g/mol. The summed E-state index contributed by atoms with van der Waals surface area (Å²) in [7, 11) is 2.17. The normalized spacial score (nSPS) is 24.1. The molecule has 1 aliphatic rings. The zero-order valence-electron chi connectivity index (χ0n) is 10.5. The molecule has 1 saturated heterocycles. The van der Waals surface area contributed by atoms with Crippen LogP contribution in [-0.4, -0.2) is 44.0 Å². The van der Waals surface area contributed by atoms with Crippen LogP contribution >= 0.6 is 0 Å². The van der Waals surface area contributed by atoms with Gasteiger partial charge in [0.05, 0.1) is 0 Å². The van der Waals surface area contributed by atoms with Crippen LogP contribution in [0.15, 0.2) is 0 Å². The summed E-state index contributed by atoms with van der Waals surface area (Å²) >= 11 is 0. The third-order valence-electron chi connectivity index (χ3n) is 3.38. The lowest BCUT2D eigenvalue weighted by atomic mass is 9.95. The Morgan fingerprint density at radius 3 is 3.00 bits per heavy atom. The minimum absolute atomic E-state index is 0.0611. The number of piperidine rings is 1. The van der Waals surface area contributed by atoms with Crippen LogP contribution in [0.25, 0.3) is 0 Å². The van der Waals surface area contributed by atoms with E-state index in [2.05, 4.69) is 17.3 Å². The van der Waals surface area contributed by atoms with Crippen molar-refractivity contribution in [1.29, 1.82) is 0 Å². The minimum Gasteiger partial charge on any atom is -0.356 e. The van der Waals surface area contributed by atoms with E-state index in [-0.39, 0.29) is 11.8 Å². The molecule has 3 N–H and O–H groups in total. The molecule has 0 spiro atoms. The number of carbonyl (C=O) groups excluding carboxylic acids is 1. The number of amides is 1. The highest BCUT2D eigenvalue weighted by molar-refractivity contribution is 5.78. The number of nitrogens with zero attached hydrogens (tertiary/aromatic N) is 1. The highest BCUT2D eigenvalue weighted by Crippen LogP contribution is 2.17. The summed E-state index contributed by atoms with van der Waals surface area (Å²) in [5.41, 5.74) is 5.44. The summed E-state index contributed by atoms with van der Waals surface area (Å²) in [5.74, 6) is 0.771. The average molecular weight is 227 g/mol. The van der Waals surface area contributed by atoms with Gasteiger partial charge in [-0.25, -0.2) is 0 Å². The van der Waals surface area contributed by atoms with Gasteiger partial charge in [-0.3, -0.25) is 4.79 Å². The summed E-state index contributed by atoms with van der Waals surface area (Å²) in [6.07, 6.45) is 3.67. The predicted octanol–water partition coefficient (Wildman–Crippen LogP) is 0.429. The van der Waals surface area contributed by atoms with Gasteiger partial charge >= 0.3 is 0 Å². The Balaban J connectivity index is 2.12. The van der Waals surface area contributed by atoms with E-state index in [0.717, 1.165) is 18.9 Å². The van der Waals surface area contributed by atoms with E-state index in [9.17, 15) is 4.79 Å². The van der Waals surface area contributed by atoms with Crippen LogP contribution in [-0.2, 0) is 4.79 Å². The Hall–Kier alpha value is -0.610. The molecule has 1 rings (SSSR count). The highest BCUT2D eigenvalue weighted by atomic mass is 16.1. The van der Waals surface area contributed by atoms with Gasteiger partial charge in [-0.05, 0) is 38.8 Å². The molecule has 1 aliphatic heterocycles. The molecule has 2 unspecified atom stereocenters. The molecule has 0 aromatic heterocycles. The van der Waals surface area contributed by atoms with Gasteiger partial charge < -0.3 is 16.0 Å². The quantitative estimate of drug-likeness (QED) is 0.716. The van der Waals surface area contributed by atoms with Gasteiger partial charge in [0.1, 0.15) is 0 Å². The zero-order chi connectivity index (χ0) is 12.0. The van der Waals surface area contributed by atoms with Gasteiger partial charge in [0.2, 0.25) is 5.91 Å². The van der Waals surface area contributed by atoms with Crippen molar-refractivity contribution in [3.8, 4) is 0 Å². The summed E-state index contributed by atoms with van der Waals surface area (Å²) < 4.78 is 0. The number of hydrogen-bond acceptors (Lipinski definition) is 3. The van der Waals surface area contributed by atoms with Crippen molar-refractivity contribution in [2.75, 3.05) is 33.2 Å². The van der Waals surface area contributed by atoms with E-state index >= 15 is 0 Å². The van der Waals surface area contributed by atoms with Crippen molar-refractivity contribution >= 4 is 5.91 Å². The summed E-state index contributed by atoms with van der Waals surface area (Å²) in [4.78, 5) is 13.9. The molecule has 4 nitrogen and oxygen atoms in total. The maximum Gasteiger partial charge on any atom is 0.224 e. The van der Waals surface area contributed by atoms with Crippen LogP contribution in [0.5, 0.6) is 0 Å². The molecule has 0 saturated carbocycles. The van der Waals surface area contributed by atoms with Crippen molar-refractivity contribution in [2.24, 2.45) is 17.6 Å². The first-order valence-corrected chi connectivity index (χ1v) is 6.29. The standard InChI is InChI=1S/C12H25N3O/c1-10(8-13)12(16)14-6-5-11-4-3-7-15(2)9-11/h10-11H,3-9,13H2,1-2H3,(H,14,16). The van der Waals surface area contributed by atoms with Gasteiger partial charge in [0.25, 0.3) is 0 Å². The first-order chi connectivity index (χ1) is 7.63. The first-order valence-electron chi connectivity index (χ1n) is 6.29. The van der Waals surface area contributed by atoms with Crippen LogP contribution in [0.2, 0.25) is 0 Å². The maximum absolute atomic E-state index is 11.5. The van der Waals surface area contributed by atoms with Gasteiger partial charge in [-0.15, -0.1) is 0 Å². The highest BCUT2D eigenvalue weighted by Gasteiger charge is 2.17. The van der Waals surface area contributed by atoms with Crippen LogP contribution in [0.4, 0.5) is 0 Å². The van der Waals surface area contributed by atoms with Crippen LogP contribution < -0.4 is 11.1 Å². The van der Waals surface area contributed by atoms with E-state index < -0.39 is 0 Å². The van der Waals surface area contributed by atoms with E-state index in [4.69, 9.17) is 5.73 Å². The van der Waals surface area contributed by atoms with Crippen LogP contribution in [0, 0.1) is 11.8 Å². The Kier molecular flexibility index (Phi) is 5.77. The Morgan fingerprint density at radius 1 is 1.62 bits per heavy atom. The molecule has 94 valence electrons. The lowest BCUT2D eigenvalue weighted by Gasteiger charge is -2.29. The largest absolute Gasteiger partial charge is 0.356 e. The zero-order valence-corrected chi connectivity index (χ0v) is 10.5. The predicted molar refractivity (Wildman–Crippen MR) is 66.1 cm³/mol. The summed E-state index contributed by atoms with van der Waals surface area (Å²) in [6.45, 7) is 5.47. The van der Waals surface area contributed by atoms with Gasteiger partial charge in [-0.1, -0.05) is 6.92 Å². The van der Waals surface area contributed by atoms with Gasteiger partial charge in [0, 0.05) is 25.6 Å². The van der Waals surface area contributed by atoms with E-state index in [1.54, 1.807) is 0 Å². The topological polar surface area (TPSA) is 58.4 Å². The molecule has 2 atom stereocenters. The summed E-state index contributed by atoms with van der Waals surface area (Å²) in [5, 5.41) is 2.96. The van der Waals surface area contributed by atoms with Gasteiger partial charge in [0.15, 0.2) is 0 Å². The number of rotatable bonds is 5. The molecule has 0 aromatic carbocycles. The molecule has 1 fully saturated rings. The second-order valence-corrected chi connectivity index (χ2v) is 4.99. The first kappa shape index (κ1) is 13.5. The summed E-state index contributed by atoms with van der Waals surface area (Å²) in [6, 6.07) is 0. The van der Waals surface area contributed by atoms with Crippen LogP contribution in [0.1, 0.15) is 26.2 Å². The second kappa shape index (κ2) is 6.86. The molecule has 0 aliphatic carbocycles. The minimum atomic E-state index is -0.0611. The van der Waals surface area contributed by atoms with Crippen molar-refractivity contribution in [3.63, 3.8) is 0 Å². The fourth-order valence-electron chi connectivity index (χ4n) is 2.19. The van der Waals surface area contributed by atoms with Crippen molar-refractivity contribution in [2.45, 2.75) is 26.2 Å². The van der Waals surface area contributed by atoms with Crippen molar-refractivity contribution in [1.82, 2.24) is 10.2 Å². The lowest BCUT2D eigenvalue weighted by molar-refractivity contribution is -0.124. The molecule has 1 heterocycles. The number of likely N-dealkylation sites (tertiary alicyclic amines) is 1. The van der Waals surface area contributed by atoms with E-state index in [1.807, 2.05) is 6.92 Å². The second-order valence-electron chi connectivity index (χ2n) is 4.99. The molecule has 1 amide bonds. The maximum atomic E-state index is 11.5. The molecular formula is C12H25N3O. The third kappa shape index (κ3) is 4.49. The fraction of sp³-hybridized carbons (Fsp3) is 0.917. The van der Waals surface area contributed by atoms with E-state index in [1.165, 1.54) is 25.9 Å². The van der Waals surface area contributed by atoms with Crippen molar-refractivity contribution in [3.05, 3.63) is 0 Å². The number of nitrogens with one attached hydrogen (secondary N) is 1. The monoisotopic (exact) mass is 227 g/mol. The Bertz CT molecular complexity index is 220. The molecule has 0 radical (unpaired) electrons. The van der Waals surface area contributed by atoms with Crippen molar-refractivity contribution < 1.29 is 4.79 Å².